The highest BCUT2D eigenvalue weighted by atomic mass is 16.8. The number of aromatic hydroxyl groups is 1. The van der Waals surface area contributed by atoms with Crippen LogP contribution in [0.4, 0.5) is 0 Å². The van der Waals surface area contributed by atoms with E-state index >= 15 is 0 Å². The van der Waals surface area contributed by atoms with E-state index in [-0.39, 0.29) is 11.5 Å². The molecular weight excluding hydrogens is 468 g/mol. The molecule has 2 heterocycles. The molecule has 0 bridgehead atoms. The van der Waals surface area contributed by atoms with E-state index in [4.69, 9.17) is 23.7 Å². The highest BCUT2D eigenvalue weighted by Crippen LogP contribution is 2.32. The number of carbonyl (C=O) groups excluding carboxylic acids is 1. The molecule has 0 amide bonds. The Hall–Kier alpha value is -2.29. The van der Waals surface area contributed by atoms with Crippen molar-refractivity contribution in [2.45, 2.75) is 68.5 Å². The van der Waals surface area contributed by atoms with E-state index < -0.39 is 74.5 Å². The number of allylic oxidation sites excluding steroid dienone is 1. The first kappa shape index (κ1) is 27.3. The van der Waals surface area contributed by atoms with Gasteiger partial charge < -0.3 is 54.3 Å². The summed E-state index contributed by atoms with van der Waals surface area (Å²) >= 11 is 0. The van der Waals surface area contributed by atoms with E-state index in [2.05, 4.69) is 0 Å². The summed E-state index contributed by atoms with van der Waals surface area (Å²) in [7, 11) is 0. The molecular formula is C23H32O12. The molecule has 2 saturated heterocycles. The summed E-state index contributed by atoms with van der Waals surface area (Å²) < 4.78 is 27.2. The van der Waals surface area contributed by atoms with E-state index in [0.717, 1.165) is 6.42 Å². The van der Waals surface area contributed by atoms with Crippen LogP contribution in [-0.2, 0) is 23.7 Å². The molecule has 0 spiro atoms. The number of phenols is 1. The highest BCUT2D eigenvalue weighted by molar-refractivity contribution is 5.81. The van der Waals surface area contributed by atoms with Gasteiger partial charge in [0.1, 0.15) is 42.5 Å². The van der Waals surface area contributed by atoms with Gasteiger partial charge in [-0.1, -0.05) is 19.4 Å². The number of aliphatic hydroxyl groups is 5. The van der Waals surface area contributed by atoms with E-state index in [1.165, 1.54) is 30.3 Å². The minimum Gasteiger partial charge on any atom is -0.508 e. The summed E-state index contributed by atoms with van der Waals surface area (Å²) in [5.41, 5.74) is -1.99. The summed E-state index contributed by atoms with van der Waals surface area (Å²) in [6.07, 6.45) is -5.99. The van der Waals surface area contributed by atoms with Crippen LogP contribution in [0.25, 0.3) is 0 Å². The van der Waals surface area contributed by atoms with Gasteiger partial charge in [0.05, 0.1) is 13.2 Å². The average Bonchev–Trinajstić information content (AvgIpc) is 3.12. The van der Waals surface area contributed by atoms with Crippen molar-refractivity contribution in [3.8, 4) is 11.5 Å². The molecule has 0 unspecified atom stereocenters. The number of phenolic OH excluding ortho intramolecular Hbond substituents is 1. The van der Waals surface area contributed by atoms with Crippen LogP contribution in [-0.4, -0.2) is 105 Å². The summed E-state index contributed by atoms with van der Waals surface area (Å²) in [6, 6.07) is 5.55. The minimum atomic E-state index is -1.99. The molecule has 0 aromatic heterocycles. The van der Waals surface area contributed by atoms with Crippen molar-refractivity contribution >= 4 is 5.97 Å². The van der Waals surface area contributed by atoms with Gasteiger partial charge in [0.2, 0.25) is 6.29 Å². The van der Waals surface area contributed by atoms with Crippen molar-refractivity contribution in [1.82, 2.24) is 0 Å². The van der Waals surface area contributed by atoms with Gasteiger partial charge >= 0.3 is 5.97 Å². The van der Waals surface area contributed by atoms with Crippen LogP contribution in [0.15, 0.2) is 36.4 Å². The Morgan fingerprint density at radius 2 is 1.89 bits per heavy atom. The van der Waals surface area contributed by atoms with Gasteiger partial charge in [0.15, 0.2) is 18.0 Å². The van der Waals surface area contributed by atoms with Gasteiger partial charge in [-0.25, -0.2) is 4.79 Å². The highest BCUT2D eigenvalue weighted by Gasteiger charge is 2.54. The Balaban J connectivity index is 1.68. The third kappa shape index (κ3) is 6.68. The Bertz CT molecular complexity index is 845. The lowest BCUT2D eigenvalue weighted by Gasteiger charge is -2.42. The molecule has 0 aliphatic carbocycles. The molecule has 2 aliphatic rings. The zero-order valence-electron chi connectivity index (χ0n) is 19.2. The second-order valence-corrected chi connectivity index (χ2v) is 8.45. The standard InChI is InChI=1S/C23H32O12/c1-2-3-4-5-16(26)31-11-23(30)12-32-22(20(23)29)35-19-18(28)17(27)15(10-24)34-21(19)33-14-8-6-13(25)7-9-14/h4-9,15,17-22,24-25,27-30H,2-3,10-12H2,1H3/t15-,17-,18+,19-,20-,21-,22+,23-/m1/s1. The van der Waals surface area contributed by atoms with Crippen LogP contribution in [0.2, 0.25) is 0 Å². The fraction of sp³-hybridized carbons (Fsp3) is 0.609. The quantitative estimate of drug-likeness (QED) is 0.169. The third-order valence-corrected chi connectivity index (χ3v) is 5.68. The van der Waals surface area contributed by atoms with Crippen LogP contribution in [0.1, 0.15) is 19.8 Å². The van der Waals surface area contributed by atoms with Gasteiger partial charge in [0, 0.05) is 6.08 Å². The van der Waals surface area contributed by atoms with Crippen LogP contribution < -0.4 is 4.74 Å². The van der Waals surface area contributed by atoms with Crippen molar-refractivity contribution < 1.29 is 59.1 Å². The number of hydrogen-bond acceptors (Lipinski definition) is 12. The Morgan fingerprint density at radius 3 is 2.54 bits per heavy atom. The van der Waals surface area contributed by atoms with Crippen molar-refractivity contribution in [3.05, 3.63) is 36.4 Å². The molecule has 12 nitrogen and oxygen atoms in total. The molecule has 3 rings (SSSR count). The molecule has 2 aliphatic heterocycles. The maximum Gasteiger partial charge on any atom is 0.330 e. The van der Waals surface area contributed by atoms with Crippen molar-refractivity contribution in [2.75, 3.05) is 19.8 Å². The largest absolute Gasteiger partial charge is 0.508 e. The first-order valence-electron chi connectivity index (χ1n) is 11.3. The lowest BCUT2D eigenvalue weighted by molar-refractivity contribution is -0.318. The topological polar surface area (TPSA) is 185 Å². The van der Waals surface area contributed by atoms with Gasteiger partial charge in [0.25, 0.3) is 0 Å². The Kier molecular flexibility index (Phi) is 9.44. The molecule has 1 aromatic rings. The summed E-state index contributed by atoms with van der Waals surface area (Å²) in [5, 5.41) is 61.2. The zero-order valence-corrected chi connectivity index (χ0v) is 19.2. The predicted octanol–water partition coefficient (Wildman–Crippen LogP) is -1.06. The number of rotatable bonds is 10. The Morgan fingerprint density at radius 1 is 1.17 bits per heavy atom. The second-order valence-electron chi connectivity index (χ2n) is 8.45. The fourth-order valence-corrected chi connectivity index (χ4v) is 3.60. The van der Waals surface area contributed by atoms with Crippen LogP contribution >= 0.6 is 0 Å². The molecule has 2 fully saturated rings. The summed E-state index contributed by atoms with van der Waals surface area (Å²) in [4.78, 5) is 11.8. The lowest BCUT2D eigenvalue weighted by Crippen LogP contribution is -2.62. The smallest absolute Gasteiger partial charge is 0.330 e. The predicted molar refractivity (Wildman–Crippen MR) is 117 cm³/mol. The van der Waals surface area contributed by atoms with E-state index in [0.29, 0.717) is 6.42 Å². The fourth-order valence-electron chi connectivity index (χ4n) is 3.60. The van der Waals surface area contributed by atoms with Crippen molar-refractivity contribution in [2.24, 2.45) is 0 Å². The third-order valence-electron chi connectivity index (χ3n) is 5.68. The van der Waals surface area contributed by atoms with Gasteiger partial charge in [-0.15, -0.1) is 0 Å². The number of ether oxygens (including phenoxy) is 5. The van der Waals surface area contributed by atoms with Crippen molar-refractivity contribution in [1.29, 1.82) is 0 Å². The molecule has 8 atom stereocenters. The Labute approximate surface area is 201 Å². The van der Waals surface area contributed by atoms with E-state index in [9.17, 15) is 35.4 Å². The first-order valence-corrected chi connectivity index (χ1v) is 11.3. The van der Waals surface area contributed by atoms with E-state index in [1.54, 1.807) is 6.08 Å². The van der Waals surface area contributed by atoms with Crippen LogP contribution in [0.3, 0.4) is 0 Å². The molecule has 1 aromatic carbocycles. The second kappa shape index (κ2) is 12.1. The minimum absolute atomic E-state index is 0.0123. The van der Waals surface area contributed by atoms with Gasteiger partial charge in [-0.3, -0.25) is 0 Å². The van der Waals surface area contributed by atoms with Crippen LogP contribution in [0, 0.1) is 0 Å². The summed E-state index contributed by atoms with van der Waals surface area (Å²) in [6.45, 7) is 0.304. The normalized spacial score (nSPS) is 35.3. The average molecular weight is 500 g/mol. The van der Waals surface area contributed by atoms with Crippen LogP contribution in [0.5, 0.6) is 11.5 Å². The maximum atomic E-state index is 11.8. The monoisotopic (exact) mass is 500 g/mol. The number of aliphatic hydroxyl groups excluding tert-OH is 4. The molecule has 35 heavy (non-hydrogen) atoms. The maximum absolute atomic E-state index is 11.8. The number of benzene rings is 1. The molecule has 12 heteroatoms. The molecule has 0 saturated carbocycles. The number of carbonyl (C=O) groups is 1. The zero-order chi connectivity index (χ0) is 25.6. The van der Waals surface area contributed by atoms with Gasteiger partial charge in [-0.05, 0) is 30.7 Å². The SMILES string of the molecule is CCCC=CC(=O)OC[C@@]1(O)CO[C@@H](O[C@H]2[C@H](Oc3ccc(O)cc3)O[C@H](CO)[C@@H](O)[C@@H]2O)[C@H]1O. The number of unbranched alkanes of at least 4 members (excludes halogenated alkanes) is 1. The molecule has 0 radical (unpaired) electrons. The number of hydrogen-bond donors (Lipinski definition) is 6. The van der Waals surface area contributed by atoms with Gasteiger partial charge in [-0.2, -0.15) is 0 Å². The molecule has 196 valence electrons. The lowest BCUT2D eigenvalue weighted by atomic mass is 9.98. The summed E-state index contributed by atoms with van der Waals surface area (Å²) in [5.74, 6) is -0.490. The first-order chi connectivity index (χ1) is 16.7. The van der Waals surface area contributed by atoms with Crippen molar-refractivity contribution in [3.63, 3.8) is 0 Å². The molecule has 6 N–H and O–H groups in total. The van der Waals surface area contributed by atoms with E-state index in [1.807, 2.05) is 6.92 Å². The number of esters is 1.